The summed E-state index contributed by atoms with van der Waals surface area (Å²) in [6.45, 7) is 4.16. The number of nitrogens with zero attached hydrogens (tertiary/aromatic N) is 1. The molecule has 0 spiro atoms. The number of anilines is 3. The summed E-state index contributed by atoms with van der Waals surface area (Å²) >= 11 is 0. The highest BCUT2D eigenvalue weighted by molar-refractivity contribution is 5.98. The summed E-state index contributed by atoms with van der Waals surface area (Å²) in [6, 6.07) is 79.3. The molecule has 0 N–H and O–H groups in total. The van der Waals surface area contributed by atoms with Crippen molar-refractivity contribution in [3.63, 3.8) is 0 Å². The van der Waals surface area contributed by atoms with Gasteiger partial charge >= 0.3 is 0 Å². The second kappa shape index (κ2) is 16.9. The molecule has 0 saturated heterocycles. The highest BCUT2D eigenvalue weighted by Gasteiger charge is 2.19. The maximum atomic E-state index is 2.39. The van der Waals surface area contributed by atoms with Crippen LogP contribution in [0.2, 0.25) is 0 Å². The first-order valence-electron chi connectivity index (χ1n) is 20.4. The lowest BCUT2D eigenvalue weighted by Gasteiger charge is -2.27. The van der Waals surface area contributed by atoms with E-state index in [1.54, 1.807) is 0 Å². The molecular weight excluding hydrogens is 711 g/mol. The fourth-order valence-corrected chi connectivity index (χ4v) is 8.26. The minimum absolute atomic E-state index is 1.08. The van der Waals surface area contributed by atoms with Crippen LogP contribution in [0.5, 0.6) is 0 Å². The molecule has 282 valence electrons. The summed E-state index contributed by atoms with van der Waals surface area (Å²) in [5.41, 5.74) is 17.6. The van der Waals surface area contributed by atoms with Crippen molar-refractivity contribution in [2.45, 2.75) is 13.8 Å². The molecule has 0 radical (unpaired) electrons. The second-order valence-corrected chi connectivity index (χ2v) is 14.8. The molecule has 0 fully saturated rings. The molecule has 0 atom stereocenters. The molecule has 0 aliphatic carbocycles. The van der Waals surface area contributed by atoms with Crippen molar-refractivity contribution >= 4 is 33.4 Å². The van der Waals surface area contributed by atoms with Crippen molar-refractivity contribution < 1.29 is 0 Å². The first-order valence-corrected chi connectivity index (χ1v) is 20.4. The van der Waals surface area contributed by atoms with E-state index in [9.17, 15) is 0 Å². The Balaban J connectivity index is 1.21. The van der Waals surface area contributed by atoms with Gasteiger partial charge in [-0.3, -0.25) is 0 Å². The molecular formula is C58H45N. The Bertz CT molecular complexity index is 2900. The van der Waals surface area contributed by atoms with Gasteiger partial charge in [-0.05, 0) is 128 Å². The average molecular weight is 756 g/mol. The van der Waals surface area contributed by atoms with Gasteiger partial charge in [0, 0.05) is 17.1 Å². The summed E-state index contributed by atoms with van der Waals surface area (Å²) in [6.07, 6.45) is 6.43. The predicted molar refractivity (Wildman–Crippen MR) is 254 cm³/mol. The molecule has 0 aliphatic heterocycles. The Morgan fingerprint density at radius 1 is 0.356 bits per heavy atom. The Hall–Kier alpha value is -7.48. The maximum Gasteiger partial charge on any atom is 0.0468 e. The van der Waals surface area contributed by atoms with Crippen LogP contribution >= 0.6 is 0 Å². The van der Waals surface area contributed by atoms with Crippen LogP contribution in [0.1, 0.15) is 19.4 Å². The first kappa shape index (κ1) is 37.1. The molecule has 9 aromatic carbocycles. The topological polar surface area (TPSA) is 3.24 Å². The van der Waals surface area contributed by atoms with E-state index >= 15 is 0 Å². The third-order valence-corrected chi connectivity index (χ3v) is 11.2. The maximum absolute atomic E-state index is 2.39. The fraction of sp³-hybridized carbons (Fsp3) is 0.0345. The van der Waals surface area contributed by atoms with Crippen LogP contribution in [0.4, 0.5) is 17.1 Å². The van der Waals surface area contributed by atoms with Gasteiger partial charge in [-0.2, -0.15) is 0 Å². The normalized spacial score (nSPS) is 11.6. The number of allylic oxidation sites excluding steroid dienone is 4. The van der Waals surface area contributed by atoms with Crippen molar-refractivity contribution in [3.8, 4) is 55.6 Å². The van der Waals surface area contributed by atoms with E-state index in [0.717, 1.165) is 22.6 Å². The largest absolute Gasteiger partial charge is 0.310 e. The molecule has 0 aliphatic rings. The van der Waals surface area contributed by atoms with Crippen molar-refractivity contribution in [3.05, 3.63) is 242 Å². The van der Waals surface area contributed by atoms with Crippen molar-refractivity contribution in [2.75, 3.05) is 4.90 Å². The van der Waals surface area contributed by atoms with Gasteiger partial charge < -0.3 is 4.90 Å². The minimum atomic E-state index is 1.08. The molecule has 9 rings (SSSR count). The zero-order chi connectivity index (χ0) is 40.0. The number of hydrogen-bond donors (Lipinski definition) is 0. The molecule has 0 aromatic heterocycles. The summed E-state index contributed by atoms with van der Waals surface area (Å²) in [5, 5.41) is 2.50. The standard InChI is InChI=1S/C58H45N/c1-3-16-42(4-2)44-31-35-50(36-32-44)59(51-37-33-48(34-38-51)54-26-15-22-47-21-11-12-23-53(47)54)52-39-40-57(56-25-14-13-24-55(56)46-19-9-6-10-20-46)58(41-52)49-29-27-45(28-30-49)43-17-7-5-8-18-43/h3-41H,1-2H3/b16-3-,42-4+. The highest BCUT2D eigenvalue weighted by atomic mass is 15.1. The van der Waals surface area contributed by atoms with Crippen molar-refractivity contribution in [2.24, 2.45) is 0 Å². The summed E-state index contributed by atoms with van der Waals surface area (Å²) in [4.78, 5) is 2.39. The highest BCUT2D eigenvalue weighted by Crippen LogP contribution is 2.44. The number of benzene rings is 9. The van der Waals surface area contributed by atoms with Crippen molar-refractivity contribution in [1.82, 2.24) is 0 Å². The van der Waals surface area contributed by atoms with Gasteiger partial charge in [0.05, 0.1) is 0 Å². The molecule has 0 bridgehead atoms. The van der Waals surface area contributed by atoms with E-state index in [0.29, 0.717) is 0 Å². The van der Waals surface area contributed by atoms with E-state index in [2.05, 4.69) is 255 Å². The lowest BCUT2D eigenvalue weighted by atomic mass is 9.88. The Labute approximate surface area is 348 Å². The van der Waals surface area contributed by atoms with Crippen LogP contribution in [0.3, 0.4) is 0 Å². The van der Waals surface area contributed by atoms with E-state index in [1.807, 2.05) is 0 Å². The van der Waals surface area contributed by atoms with Crippen LogP contribution in [0.15, 0.2) is 237 Å². The van der Waals surface area contributed by atoms with E-state index in [1.165, 1.54) is 72.0 Å². The van der Waals surface area contributed by atoms with E-state index in [4.69, 9.17) is 0 Å². The summed E-state index contributed by atoms with van der Waals surface area (Å²) in [5.74, 6) is 0. The molecule has 0 heterocycles. The summed E-state index contributed by atoms with van der Waals surface area (Å²) in [7, 11) is 0. The van der Waals surface area contributed by atoms with E-state index < -0.39 is 0 Å². The Morgan fingerprint density at radius 2 is 0.831 bits per heavy atom. The number of hydrogen-bond acceptors (Lipinski definition) is 1. The third-order valence-electron chi connectivity index (χ3n) is 11.2. The number of rotatable bonds is 10. The van der Waals surface area contributed by atoms with Crippen molar-refractivity contribution in [1.29, 1.82) is 0 Å². The molecule has 1 nitrogen and oxygen atoms in total. The molecule has 0 unspecified atom stereocenters. The molecule has 9 aromatic rings. The third kappa shape index (κ3) is 7.67. The lowest BCUT2D eigenvalue weighted by Crippen LogP contribution is -2.10. The van der Waals surface area contributed by atoms with Gasteiger partial charge in [0.1, 0.15) is 0 Å². The quantitative estimate of drug-likeness (QED) is 0.126. The van der Waals surface area contributed by atoms with Gasteiger partial charge in [0.25, 0.3) is 0 Å². The van der Waals surface area contributed by atoms with Gasteiger partial charge in [0.2, 0.25) is 0 Å². The van der Waals surface area contributed by atoms with E-state index in [-0.39, 0.29) is 0 Å². The Kier molecular flexibility index (Phi) is 10.7. The fourth-order valence-electron chi connectivity index (χ4n) is 8.26. The van der Waals surface area contributed by atoms with Crippen LogP contribution in [-0.4, -0.2) is 0 Å². The van der Waals surface area contributed by atoms with Crippen LogP contribution in [0, 0.1) is 0 Å². The summed E-state index contributed by atoms with van der Waals surface area (Å²) < 4.78 is 0. The zero-order valence-corrected chi connectivity index (χ0v) is 33.5. The first-order chi connectivity index (χ1) is 29.2. The zero-order valence-electron chi connectivity index (χ0n) is 33.5. The van der Waals surface area contributed by atoms with Crippen LogP contribution in [0.25, 0.3) is 72.0 Å². The smallest absolute Gasteiger partial charge is 0.0468 e. The number of fused-ring (bicyclic) bond motifs is 1. The van der Waals surface area contributed by atoms with Gasteiger partial charge in [-0.25, -0.2) is 0 Å². The second-order valence-electron chi connectivity index (χ2n) is 14.8. The molecule has 0 amide bonds. The lowest BCUT2D eigenvalue weighted by molar-refractivity contribution is 1.28. The van der Waals surface area contributed by atoms with Gasteiger partial charge in [0.15, 0.2) is 0 Å². The van der Waals surface area contributed by atoms with Crippen LogP contribution in [-0.2, 0) is 0 Å². The monoisotopic (exact) mass is 755 g/mol. The predicted octanol–water partition coefficient (Wildman–Crippen LogP) is 16.6. The molecule has 1 heteroatoms. The minimum Gasteiger partial charge on any atom is -0.310 e. The molecule has 0 saturated carbocycles. The average Bonchev–Trinajstić information content (AvgIpc) is 3.32. The van der Waals surface area contributed by atoms with Crippen LogP contribution < -0.4 is 4.90 Å². The van der Waals surface area contributed by atoms with Gasteiger partial charge in [-0.15, -0.1) is 0 Å². The molecule has 59 heavy (non-hydrogen) atoms. The Morgan fingerprint density at radius 3 is 1.53 bits per heavy atom. The van der Waals surface area contributed by atoms with Gasteiger partial charge in [-0.1, -0.05) is 200 Å². The SMILES string of the molecule is C/C=C\C(=C/C)c1ccc(N(c2ccc(-c3cccc4ccccc34)cc2)c2ccc(-c3ccccc3-c3ccccc3)c(-c3ccc(-c4ccccc4)cc3)c2)cc1.